The topological polar surface area (TPSA) is 38.3 Å². The Morgan fingerprint density at radius 2 is 1.68 bits per heavy atom. The summed E-state index contributed by atoms with van der Waals surface area (Å²) in [5.41, 5.74) is 0.314. The summed E-state index contributed by atoms with van der Waals surface area (Å²) >= 11 is 6.13. The highest BCUT2D eigenvalue weighted by molar-refractivity contribution is 6.32. The maximum atomic E-state index is 12.7. The van der Waals surface area contributed by atoms with Crippen LogP contribution in [0.15, 0.2) is 24.3 Å². The number of benzene rings is 1. The zero-order valence-electron chi connectivity index (χ0n) is 15.1. The number of ether oxygens (including phenoxy) is 1. The van der Waals surface area contributed by atoms with E-state index in [1.54, 1.807) is 19.1 Å². The van der Waals surface area contributed by atoms with Gasteiger partial charge in [0.1, 0.15) is 5.75 Å². The van der Waals surface area contributed by atoms with E-state index in [1.807, 2.05) is 12.1 Å². The van der Waals surface area contributed by atoms with Crippen LogP contribution in [0, 0.1) is 23.2 Å². The van der Waals surface area contributed by atoms with E-state index in [1.165, 1.54) is 38.5 Å². The molecule has 0 heterocycles. The molecule has 0 aromatic heterocycles. The molecular formula is C21H28ClNO2. The van der Waals surface area contributed by atoms with Gasteiger partial charge in [-0.2, -0.15) is 0 Å². The van der Waals surface area contributed by atoms with Crippen LogP contribution in [0.25, 0.3) is 0 Å². The summed E-state index contributed by atoms with van der Waals surface area (Å²) in [6.07, 6.45) is 7.60. The summed E-state index contributed by atoms with van der Waals surface area (Å²) in [5.74, 6) is 3.20. The summed E-state index contributed by atoms with van der Waals surface area (Å²) < 4.78 is 5.78. The first-order chi connectivity index (χ1) is 11.9. The van der Waals surface area contributed by atoms with Gasteiger partial charge in [0.25, 0.3) is 5.91 Å². The molecule has 3 nitrogen and oxygen atoms in total. The third-order valence-electron chi connectivity index (χ3n) is 6.87. The fraction of sp³-hybridized carbons (Fsp3) is 0.667. The Kier molecular flexibility index (Phi) is 4.47. The molecule has 0 aliphatic heterocycles. The van der Waals surface area contributed by atoms with Crippen LogP contribution in [0.3, 0.4) is 0 Å². The maximum Gasteiger partial charge on any atom is 0.261 e. The highest BCUT2D eigenvalue weighted by Gasteiger charge is 2.53. The first-order valence-corrected chi connectivity index (χ1v) is 10.0. The molecule has 1 N–H and O–H groups in total. The van der Waals surface area contributed by atoms with Gasteiger partial charge in [0.2, 0.25) is 0 Å². The van der Waals surface area contributed by atoms with Gasteiger partial charge < -0.3 is 10.1 Å². The fourth-order valence-corrected chi connectivity index (χ4v) is 6.16. The molecule has 4 aliphatic carbocycles. The number of carbonyl (C=O) groups excluding carboxylic acids is 1. The molecule has 25 heavy (non-hydrogen) atoms. The van der Waals surface area contributed by atoms with Gasteiger partial charge in [-0.3, -0.25) is 4.79 Å². The number of hydrogen-bond acceptors (Lipinski definition) is 2. The summed E-state index contributed by atoms with van der Waals surface area (Å²) in [7, 11) is 0. The monoisotopic (exact) mass is 361 g/mol. The van der Waals surface area contributed by atoms with Crippen LogP contribution in [0.1, 0.15) is 52.4 Å². The van der Waals surface area contributed by atoms with Gasteiger partial charge in [0.15, 0.2) is 6.10 Å². The molecule has 5 rings (SSSR count). The van der Waals surface area contributed by atoms with Gasteiger partial charge in [0.05, 0.1) is 5.02 Å². The van der Waals surface area contributed by atoms with Gasteiger partial charge in [-0.25, -0.2) is 0 Å². The minimum atomic E-state index is -0.545. The highest BCUT2D eigenvalue weighted by Crippen LogP contribution is 2.61. The molecule has 0 spiro atoms. The second-order valence-corrected chi connectivity index (χ2v) is 9.11. The van der Waals surface area contributed by atoms with Crippen LogP contribution in [0.4, 0.5) is 0 Å². The first-order valence-electron chi connectivity index (χ1n) is 9.67. The van der Waals surface area contributed by atoms with Crippen molar-refractivity contribution in [3.63, 3.8) is 0 Å². The van der Waals surface area contributed by atoms with Gasteiger partial charge in [-0.05, 0) is 87.7 Å². The number of hydrogen-bond donors (Lipinski definition) is 1. The zero-order chi connectivity index (χ0) is 17.6. The minimum absolute atomic E-state index is 0.0387. The lowest BCUT2D eigenvalue weighted by Crippen LogP contribution is -2.57. The quantitative estimate of drug-likeness (QED) is 0.815. The molecule has 0 radical (unpaired) electrons. The van der Waals surface area contributed by atoms with Crippen LogP contribution in [0.5, 0.6) is 5.75 Å². The SMILES string of the molecule is C[C@H](Oc1ccccc1Cl)C(=O)N[C@@H](C)C12CC3CC(CC(C3)C1)C2. The van der Waals surface area contributed by atoms with E-state index in [4.69, 9.17) is 16.3 Å². The fourth-order valence-electron chi connectivity index (χ4n) is 5.98. The third kappa shape index (κ3) is 3.28. The predicted octanol–water partition coefficient (Wildman–Crippen LogP) is 4.83. The Balaban J connectivity index is 1.40. The van der Waals surface area contributed by atoms with Crippen LogP contribution in [-0.2, 0) is 4.79 Å². The molecular weight excluding hydrogens is 334 g/mol. The minimum Gasteiger partial charge on any atom is -0.479 e. The van der Waals surface area contributed by atoms with E-state index in [0.29, 0.717) is 16.2 Å². The van der Waals surface area contributed by atoms with Crippen LogP contribution >= 0.6 is 11.6 Å². The second kappa shape index (κ2) is 6.50. The Morgan fingerprint density at radius 1 is 1.12 bits per heavy atom. The van der Waals surface area contributed by atoms with E-state index in [2.05, 4.69) is 12.2 Å². The Labute approximate surface area is 155 Å². The van der Waals surface area contributed by atoms with Crippen molar-refractivity contribution in [1.29, 1.82) is 0 Å². The summed E-state index contributed by atoms with van der Waals surface area (Å²) in [5, 5.41) is 3.81. The maximum absolute atomic E-state index is 12.7. The molecule has 1 aromatic rings. The lowest BCUT2D eigenvalue weighted by Gasteiger charge is -2.59. The van der Waals surface area contributed by atoms with Crippen molar-refractivity contribution in [1.82, 2.24) is 5.32 Å². The summed E-state index contributed by atoms with van der Waals surface area (Å²) in [6, 6.07) is 7.51. The number of rotatable bonds is 5. The molecule has 1 aromatic carbocycles. The van der Waals surface area contributed by atoms with Crippen LogP contribution < -0.4 is 10.1 Å². The number of carbonyl (C=O) groups is 1. The Hall–Kier alpha value is -1.22. The van der Waals surface area contributed by atoms with Gasteiger partial charge in [-0.15, -0.1) is 0 Å². The van der Waals surface area contributed by atoms with E-state index in [9.17, 15) is 4.79 Å². The molecule has 0 saturated heterocycles. The molecule has 4 fully saturated rings. The van der Waals surface area contributed by atoms with E-state index >= 15 is 0 Å². The molecule has 4 heteroatoms. The van der Waals surface area contributed by atoms with Crippen molar-refractivity contribution in [2.75, 3.05) is 0 Å². The lowest BCUT2D eigenvalue weighted by atomic mass is 9.48. The van der Waals surface area contributed by atoms with E-state index in [0.717, 1.165) is 17.8 Å². The van der Waals surface area contributed by atoms with E-state index in [-0.39, 0.29) is 11.9 Å². The van der Waals surface area contributed by atoms with Crippen molar-refractivity contribution in [2.24, 2.45) is 23.2 Å². The van der Waals surface area contributed by atoms with E-state index < -0.39 is 6.10 Å². The molecule has 4 aliphatic rings. The van der Waals surface area contributed by atoms with Gasteiger partial charge in [0, 0.05) is 6.04 Å². The highest BCUT2D eigenvalue weighted by atomic mass is 35.5. The molecule has 4 saturated carbocycles. The number of para-hydroxylation sites is 1. The summed E-state index contributed by atoms with van der Waals surface area (Å²) in [4.78, 5) is 12.7. The lowest BCUT2D eigenvalue weighted by molar-refractivity contribution is -0.131. The average molecular weight is 362 g/mol. The van der Waals surface area contributed by atoms with Crippen molar-refractivity contribution in [2.45, 2.75) is 64.5 Å². The third-order valence-corrected chi connectivity index (χ3v) is 7.18. The number of halogens is 1. The van der Waals surface area contributed by atoms with Gasteiger partial charge in [-0.1, -0.05) is 23.7 Å². The second-order valence-electron chi connectivity index (χ2n) is 8.70. The summed E-state index contributed by atoms with van der Waals surface area (Å²) in [6.45, 7) is 4.00. The Morgan fingerprint density at radius 3 is 2.24 bits per heavy atom. The van der Waals surface area contributed by atoms with Gasteiger partial charge >= 0.3 is 0 Å². The molecule has 2 atom stereocenters. The smallest absolute Gasteiger partial charge is 0.261 e. The van der Waals surface area contributed by atoms with Crippen molar-refractivity contribution in [3.05, 3.63) is 29.3 Å². The van der Waals surface area contributed by atoms with Crippen LogP contribution in [0.2, 0.25) is 5.02 Å². The van der Waals surface area contributed by atoms with Crippen molar-refractivity contribution < 1.29 is 9.53 Å². The molecule has 4 bridgehead atoms. The number of nitrogens with one attached hydrogen (secondary N) is 1. The van der Waals surface area contributed by atoms with Crippen LogP contribution in [-0.4, -0.2) is 18.1 Å². The standard InChI is InChI=1S/C21H28ClNO2/c1-13(25-19-6-4-3-5-18(19)22)20(24)23-14(2)21-10-15-7-16(11-21)9-17(8-15)12-21/h3-6,13-17H,7-12H2,1-2H3,(H,23,24)/t13-,14-,15?,16?,17?,21?/m0/s1. The molecule has 136 valence electrons. The zero-order valence-corrected chi connectivity index (χ0v) is 15.9. The average Bonchev–Trinajstić information content (AvgIpc) is 2.55. The normalized spacial score (nSPS) is 35.2. The molecule has 1 amide bonds. The first kappa shape index (κ1) is 17.2. The molecule has 0 unspecified atom stereocenters. The van der Waals surface area contributed by atoms with Crippen molar-refractivity contribution in [3.8, 4) is 5.75 Å². The number of amides is 1. The Bertz CT molecular complexity index is 624. The predicted molar refractivity (Wildman–Crippen MR) is 99.8 cm³/mol. The van der Waals surface area contributed by atoms with Crippen molar-refractivity contribution >= 4 is 17.5 Å². The largest absolute Gasteiger partial charge is 0.479 e.